The zero-order valence-corrected chi connectivity index (χ0v) is 19.8. The van der Waals surface area contributed by atoms with Crippen LogP contribution in [0.4, 0.5) is 0 Å². The summed E-state index contributed by atoms with van der Waals surface area (Å²) in [5.74, 6) is 7.39. The summed E-state index contributed by atoms with van der Waals surface area (Å²) in [4.78, 5) is 20.9. The highest BCUT2D eigenvalue weighted by atomic mass is 16.6. The van der Waals surface area contributed by atoms with Gasteiger partial charge in [0.15, 0.2) is 11.9 Å². The van der Waals surface area contributed by atoms with Crippen LogP contribution in [-0.2, 0) is 13.0 Å². The molecule has 1 atom stereocenters. The van der Waals surface area contributed by atoms with Crippen LogP contribution in [0.1, 0.15) is 37.8 Å². The molecule has 0 spiro atoms. The van der Waals surface area contributed by atoms with Crippen LogP contribution in [0.2, 0.25) is 0 Å². The van der Waals surface area contributed by atoms with Crippen molar-refractivity contribution in [3.8, 4) is 40.6 Å². The maximum Gasteiger partial charge on any atom is 0.351 e. The lowest BCUT2D eigenvalue weighted by Gasteiger charge is -2.25. The van der Waals surface area contributed by atoms with E-state index in [0.29, 0.717) is 44.0 Å². The first-order valence-electron chi connectivity index (χ1n) is 11.9. The minimum atomic E-state index is -0.973. The number of nitrogens with zero attached hydrogens (tertiary/aromatic N) is 3. The van der Waals surface area contributed by atoms with Gasteiger partial charge < -0.3 is 19.3 Å². The van der Waals surface area contributed by atoms with Gasteiger partial charge in [0.2, 0.25) is 5.88 Å². The molecule has 0 fully saturated rings. The van der Waals surface area contributed by atoms with Gasteiger partial charge in [-0.1, -0.05) is 31.8 Å². The Balaban J connectivity index is 1.36. The highest BCUT2D eigenvalue weighted by Gasteiger charge is 2.24. The third kappa shape index (κ3) is 4.73. The maximum absolute atomic E-state index is 12.7. The Labute approximate surface area is 203 Å². The molecule has 1 N–H and O–H groups in total. The molecule has 0 amide bonds. The fourth-order valence-corrected chi connectivity index (χ4v) is 4.19. The van der Waals surface area contributed by atoms with E-state index in [1.807, 2.05) is 32.0 Å². The molecule has 8 nitrogen and oxygen atoms in total. The summed E-state index contributed by atoms with van der Waals surface area (Å²) in [6.07, 6.45) is 3.16. The van der Waals surface area contributed by atoms with Crippen molar-refractivity contribution < 1.29 is 19.3 Å². The van der Waals surface area contributed by atoms with Crippen LogP contribution in [-0.4, -0.2) is 44.6 Å². The third-order valence-electron chi connectivity index (χ3n) is 6.44. The van der Waals surface area contributed by atoms with E-state index in [0.717, 1.165) is 22.4 Å². The first-order chi connectivity index (χ1) is 17.0. The highest BCUT2D eigenvalue weighted by Crippen LogP contribution is 2.31. The first kappa shape index (κ1) is 22.9. The summed E-state index contributed by atoms with van der Waals surface area (Å²) in [6.45, 7) is 4.87. The lowest BCUT2D eigenvalue weighted by Crippen LogP contribution is -2.35. The molecule has 35 heavy (non-hydrogen) atoms. The van der Waals surface area contributed by atoms with Crippen LogP contribution in [0, 0.1) is 11.8 Å². The molecule has 2 aliphatic heterocycles. The molecule has 0 bridgehead atoms. The first-order valence-corrected chi connectivity index (χ1v) is 11.9. The second-order valence-corrected chi connectivity index (χ2v) is 8.69. The molecular weight excluding hydrogens is 446 g/mol. The van der Waals surface area contributed by atoms with E-state index >= 15 is 0 Å². The van der Waals surface area contributed by atoms with Crippen molar-refractivity contribution in [3.05, 3.63) is 64.2 Å². The van der Waals surface area contributed by atoms with E-state index < -0.39 is 5.60 Å². The quantitative estimate of drug-likeness (QED) is 0.569. The van der Waals surface area contributed by atoms with Crippen molar-refractivity contribution in [3.63, 3.8) is 0 Å². The average molecular weight is 474 g/mol. The predicted molar refractivity (Wildman–Crippen MR) is 130 cm³/mol. The normalized spacial score (nSPS) is 15.9. The van der Waals surface area contributed by atoms with Gasteiger partial charge in [0.1, 0.15) is 18.8 Å². The van der Waals surface area contributed by atoms with Crippen molar-refractivity contribution >= 4 is 0 Å². The zero-order valence-electron chi connectivity index (χ0n) is 19.8. The lowest BCUT2D eigenvalue weighted by atomic mass is 9.94. The van der Waals surface area contributed by atoms with Gasteiger partial charge in [-0.25, -0.2) is 9.78 Å². The molecule has 1 aromatic carbocycles. The van der Waals surface area contributed by atoms with E-state index in [-0.39, 0.29) is 24.3 Å². The second kappa shape index (κ2) is 9.43. The molecule has 2 aliphatic rings. The Kier molecular flexibility index (Phi) is 6.18. The number of aryl methyl sites for hydroxylation is 1. The number of rotatable bonds is 5. The van der Waals surface area contributed by atoms with Crippen LogP contribution in [0.5, 0.6) is 17.5 Å². The van der Waals surface area contributed by atoms with Crippen molar-refractivity contribution in [1.82, 2.24) is 14.5 Å². The van der Waals surface area contributed by atoms with Gasteiger partial charge in [-0.3, -0.25) is 4.57 Å². The number of pyridine rings is 1. The molecule has 0 aliphatic carbocycles. The fourth-order valence-electron chi connectivity index (χ4n) is 4.19. The van der Waals surface area contributed by atoms with Crippen molar-refractivity contribution in [2.24, 2.45) is 0 Å². The second-order valence-electron chi connectivity index (χ2n) is 8.69. The molecular formula is C27H27N3O5. The monoisotopic (exact) mass is 473 g/mol. The highest BCUT2D eigenvalue weighted by molar-refractivity contribution is 5.68. The molecule has 3 aromatic rings. The smallest absolute Gasteiger partial charge is 0.351 e. The number of benzene rings is 1. The van der Waals surface area contributed by atoms with Gasteiger partial charge in [-0.15, -0.1) is 0 Å². The van der Waals surface area contributed by atoms with E-state index in [2.05, 4.69) is 21.8 Å². The Morgan fingerprint density at radius 3 is 2.94 bits per heavy atom. The van der Waals surface area contributed by atoms with Crippen LogP contribution in [0.15, 0.2) is 47.4 Å². The minimum Gasteiger partial charge on any atom is -0.478 e. The third-order valence-corrected chi connectivity index (χ3v) is 6.44. The molecule has 0 radical (unpaired) electrons. The fraction of sp³-hybridized carbons (Fsp3) is 0.370. The standard InChI is InChI=1S/C27H27N3O5/c1-3-27(32,4-2)11-9-18-7-8-21-19(14-18)10-13-30-22(21)15-24(29-26(30)31)33-16-20-17-34-25-23(35-20)6-5-12-28-25/h5-8,12,14-15,20,32H,3-4,10,13,16-17H2,1-2H3. The topological polar surface area (TPSA) is 95.7 Å². The molecule has 2 aromatic heterocycles. The van der Waals surface area contributed by atoms with E-state index in [1.165, 1.54) is 0 Å². The van der Waals surface area contributed by atoms with E-state index in [4.69, 9.17) is 14.2 Å². The van der Waals surface area contributed by atoms with Crippen LogP contribution in [0.3, 0.4) is 0 Å². The summed E-state index contributed by atoms with van der Waals surface area (Å²) in [6, 6.07) is 11.3. The lowest BCUT2D eigenvalue weighted by molar-refractivity contribution is 0.0486. The number of aliphatic hydroxyl groups is 1. The van der Waals surface area contributed by atoms with Crippen molar-refractivity contribution in [2.45, 2.75) is 51.4 Å². The van der Waals surface area contributed by atoms with Crippen LogP contribution >= 0.6 is 0 Å². The molecule has 0 saturated heterocycles. The molecule has 0 saturated carbocycles. The van der Waals surface area contributed by atoms with Gasteiger partial charge in [-0.2, -0.15) is 4.98 Å². The van der Waals surface area contributed by atoms with Gasteiger partial charge in [0.05, 0.1) is 5.69 Å². The van der Waals surface area contributed by atoms with Gasteiger partial charge >= 0.3 is 5.69 Å². The summed E-state index contributed by atoms with van der Waals surface area (Å²) in [5, 5.41) is 10.5. The number of aromatic nitrogens is 3. The summed E-state index contributed by atoms with van der Waals surface area (Å²) >= 11 is 0. The number of ether oxygens (including phenoxy) is 3. The van der Waals surface area contributed by atoms with Crippen LogP contribution < -0.4 is 19.9 Å². The molecule has 8 heteroatoms. The van der Waals surface area contributed by atoms with E-state index in [1.54, 1.807) is 29.0 Å². The SMILES string of the molecule is CCC(O)(C#Cc1ccc2c(c1)CCn1c-2cc(OCC2COc3ncccc3O2)nc1=O)CC. The summed E-state index contributed by atoms with van der Waals surface area (Å²) in [5.41, 5.74) is 2.32. The molecule has 4 heterocycles. The van der Waals surface area contributed by atoms with Gasteiger partial charge in [0, 0.05) is 29.9 Å². The Bertz CT molecular complexity index is 1370. The Hall–Kier alpha value is -3.83. The number of fused-ring (bicyclic) bond motifs is 4. The van der Waals surface area contributed by atoms with Gasteiger partial charge in [0.25, 0.3) is 5.88 Å². The van der Waals surface area contributed by atoms with E-state index in [9.17, 15) is 9.90 Å². The minimum absolute atomic E-state index is 0.184. The van der Waals surface area contributed by atoms with Crippen molar-refractivity contribution in [2.75, 3.05) is 13.2 Å². The summed E-state index contributed by atoms with van der Waals surface area (Å²) in [7, 11) is 0. The Morgan fingerprint density at radius 2 is 2.11 bits per heavy atom. The number of hydrogen-bond donors (Lipinski definition) is 1. The molecule has 180 valence electrons. The maximum atomic E-state index is 12.7. The van der Waals surface area contributed by atoms with Crippen LogP contribution in [0.25, 0.3) is 11.3 Å². The number of hydrogen-bond acceptors (Lipinski definition) is 7. The Morgan fingerprint density at radius 1 is 1.26 bits per heavy atom. The molecule has 1 unspecified atom stereocenters. The molecule has 5 rings (SSSR count). The summed E-state index contributed by atoms with van der Waals surface area (Å²) < 4.78 is 19.0. The predicted octanol–water partition coefficient (Wildman–Crippen LogP) is 2.98. The largest absolute Gasteiger partial charge is 0.478 e. The average Bonchev–Trinajstić information content (AvgIpc) is 2.90. The zero-order chi connectivity index (χ0) is 24.4. The van der Waals surface area contributed by atoms with Crippen molar-refractivity contribution in [1.29, 1.82) is 0 Å². The van der Waals surface area contributed by atoms with Gasteiger partial charge in [-0.05, 0) is 49.1 Å².